The molecule has 116 valence electrons. The van der Waals surface area contributed by atoms with Crippen molar-refractivity contribution in [2.75, 3.05) is 0 Å². The lowest BCUT2D eigenvalue weighted by Crippen LogP contribution is -2.50. The second-order valence-corrected chi connectivity index (χ2v) is 7.51. The number of hydrogen-bond donors (Lipinski definition) is 2. The van der Waals surface area contributed by atoms with E-state index in [0.717, 1.165) is 23.9 Å². The quantitative estimate of drug-likeness (QED) is 0.857. The van der Waals surface area contributed by atoms with Gasteiger partial charge in [-0.1, -0.05) is 54.9 Å². The van der Waals surface area contributed by atoms with Gasteiger partial charge in [-0.25, -0.2) is 0 Å². The van der Waals surface area contributed by atoms with Gasteiger partial charge in [0.15, 0.2) is 0 Å². The van der Waals surface area contributed by atoms with E-state index in [9.17, 15) is 9.90 Å². The largest absolute Gasteiger partial charge is 0.481 e. The Morgan fingerprint density at radius 2 is 2.05 bits per heavy atom. The Morgan fingerprint density at radius 1 is 1.38 bits per heavy atom. The molecule has 1 fully saturated rings. The summed E-state index contributed by atoms with van der Waals surface area (Å²) in [6.07, 6.45) is 1.67. The molecule has 0 aromatic heterocycles. The van der Waals surface area contributed by atoms with Gasteiger partial charge in [0.2, 0.25) is 0 Å². The average molecular weight is 354 g/mol. The monoisotopic (exact) mass is 353 g/mol. The minimum absolute atomic E-state index is 0.185. The SMILES string of the molecule is CC1C(NCc2ccccc2Br)CCC(C(=O)O)C1(C)C. The van der Waals surface area contributed by atoms with Crippen LogP contribution >= 0.6 is 15.9 Å². The average Bonchev–Trinajstić information content (AvgIpc) is 2.41. The summed E-state index contributed by atoms with van der Waals surface area (Å²) < 4.78 is 1.11. The van der Waals surface area contributed by atoms with Crippen molar-refractivity contribution in [1.82, 2.24) is 5.32 Å². The van der Waals surface area contributed by atoms with Crippen LogP contribution in [-0.4, -0.2) is 17.1 Å². The van der Waals surface area contributed by atoms with Crippen molar-refractivity contribution in [3.8, 4) is 0 Å². The molecule has 0 amide bonds. The Morgan fingerprint density at radius 3 is 2.67 bits per heavy atom. The van der Waals surface area contributed by atoms with Crippen LogP contribution in [0.15, 0.2) is 28.7 Å². The highest BCUT2D eigenvalue weighted by Crippen LogP contribution is 2.45. The van der Waals surface area contributed by atoms with Crippen LogP contribution in [0.2, 0.25) is 0 Å². The zero-order valence-corrected chi connectivity index (χ0v) is 14.5. The summed E-state index contributed by atoms with van der Waals surface area (Å²) in [5.74, 6) is -0.569. The standard InChI is InChI=1S/C17H24BrNO2/c1-11-15(9-8-13(16(20)21)17(11,2)3)19-10-12-6-4-5-7-14(12)18/h4-7,11,13,15,19H,8-10H2,1-3H3,(H,20,21). The van der Waals surface area contributed by atoms with Crippen LogP contribution in [0.5, 0.6) is 0 Å². The zero-order chi connectivity index (χ0) is 15.6. The third kappa shape index (κ3) is 3.49. The second-order valence-electron chi connectivity index (χ2n) is 6.66. The molecule has 1 aromatic carbocycles. The molecule has 2 N–H and O–H groups in total. The summed E-state index contributed by atoms with van der Waals surface area (Å²) in [6, 6.07) is 8.57. The van der Waals surface area contributed by atoms with Crippen LogP contribution in [0, 0.1) is 17.3 Å². The highest BCUT2D eigenvalue weighted by Gasteiger charge is 2.45. The third-order valence-corrected chi connectivity index (χ3v) is 6.03. The molecule has 0 aliphatic heterocycles. The van der Waals surface area contributed by atoms with Gasteiger partial charge in [0.05, 0.1) is 5.92 Å². The summed E-state index contributed by atoms with van der Waals surface area (Å²) in [6.45, 7) is 7.16. The van der Waals surface area contributed by atoms with E-state index in [-0.39, 0.29) is 11.3 Å². The summed E-state index contributed by atoms with van der Waals surface area (Å²) in [5.41, 5.74) is 1.05. The Labute approximate surface area is 135 Å². The van der Waals surface area contributed by atoms with E-state index < -0.39 is 5.97 Å². The minimum atomic E-state index is -0.656. The lowest BCUT2D eigenvalue weighted by molar-refractivity contribution is -0.150. The number of benzene rings is 1. The fraction of sp³-hybridized carbons (Fsp3) is 0.588. The number of rotatable bonds is 4. The first-order valence-electron chi connectivity index (χ1n) is 7.53. The maximum absolute atomic E-state index is 11.4. The molecule has 4 heteroatoms. The van der Waals surface area contributed by atoms with Gasteiger partial charge in [0, 0.05) is 17.1 Å². The van der Waals surface area contributed by atoms with Crippen molar-refractivity contribution in [3.63, 3.8) is 0 Å². The van der Waals surface area contributed by atoms with Crippen molar-refractivity contribution in [1.29, 1.82) is 0 Å². The topological polar surface area (TPSA) is 49.3 Å². The fourth-order valence-corrected chi connectivity index (χ4v) is 3.83. The molecule has 3 atom stereocenters. The van der Waals surface area contributed by atoms with Gasteiger partial charge in [-0.15, -0.1) is 0 Å². The number of aliphatic carboxylic acids is 1. The number of hydrogen-bond acceptors (Lipinski definition) is 2. The van der Waals surface area contributed by atoms with Gasteiger partial charge in [0.25, 0.3) is 0 Å². The number of carbonyl (C=O) groups is 1. The van der Waals surface area contributed by atoms with E-state index in [1.165, 1.54) is 5.56 Å². The molecule has 1 aliphatic rings. The fourth-order valence-electron chi connectivity index (χ4n) is 3.41. The maximum Gasteiger partial charge on any atom is 0.307 e. The summed E-state index contributed by atoms with van der Waals surface area (Å²) in [4.78, 5) is 11.4. The van der Waals surface area contributed by atoms with Crippen molar-refractivity contribution < 1.29 is 9.90 Å². The summed E-state index contributed by atoms with van der Waals surface area (Å²) in [7, 11) is 0. The van der Waals surface area contributed by atoms with E-state index in [1.54, 1.807) is 0 Å². The Kier molecular flexibility index (Phi) is 5.10. The Hall–Kier alpha value is -0.870. The van der Waals surface area contributed by atoms with Gasteiger partial charge in [-0.05, 0) is 35.8 Å². The first-order valence-corrected chi connectivity index (χ1v) is 8.33. The highest BCUT2D eigenvalue weighted by molar-refractivity contribution is 9.10. The minimum Gasteiger partial charge on any atom is -0.481 e. The smallest absolute Gasteiger partial charge is 0.307 e. The molecule has 0 radical (unpaired) electrons. The number of carboxylic acid groups (broad SMARTS) is 1. The van der Waals surface area contributed by atoms with Crippen molar-refractivity contribution >= 4 is 21.9 Å². The molecule has 3 unspecified atom stereocenters. The molecule has 0 bridgehead atoms. The molecule has 1 saturated carbocycles. The van der Waals surface area contributed by atoms with Gasteiger partial charge < -0.3 is 10.4 Å². The molecule has 2 rings (SSSR count). The van der Waals surface area contributed by atoms with E-state index >= 15 is 0 Å². The highest BCUT2D eigenvalue weighted by atomic mass is 79.9. The number of halogens is 1. The van der Waals surface area contributed by atoms with E-state index in [0.29, 0.717) is 12.0 Å². The normalized spacial score (nSPS) is 28.3. The first kappa shape index (κ1) is 16.5. The van der Waals surface area contributed by atoms with Crippen molar-refractivity contribution in [2.45, 2.75) is 46.2 Å². The van der Waals surface area contributed by atoms with Gasteiger partial charge in [-0.2, -0.15) is 0 Å². The number of carboxylic acids is 1. The third-order valence-electron chi connectivity index (χ3n) is 5.25. The molecule has 1 aromatic rings. The second kappa shape index (κ2) is 6.49. The van der Waals surface area contributed by atoms with Crippen LogP contribution in [0.25, 0.3) is 0 Å². The van der Waals surface area contributed by atoms with Gasteiger partial charge >= 0.3 is 5.97 Å². The summed E-state index contributed by atoms with van der Waals surface area (Å²) in [5, 5.41) is 13.0. The van der Waals surface area contributed by atoms with Crippen LogP contribution in [0.4, 0.5) is 0 Å². The number of nitrogens with one attached hydrogen (secondary N) is 1. The predicted molar refractivity (Wildman–Crippen MR) is 88.1 cm³/mol. The van der Waals surface area contributed by atoms with Crippen molar-refractivity contribution in [3.05, 3.63) is 34.3 Å². The van der Waals surface area contributed by atoms with Gasteiger partial charge in [0.1, 0.15) is 0 Å². The van der Waals surface area contributed by atoms with E-state index in [1.807, 2.05) is 18.2 Å². The summed E-state index contributed by atoms with van der Waals surface area (Å²) >= 11 is 3.57. The Bertz CT molecular complexity index is 515. The molecular formula is C17H24BrNO2. The van der Waals surface area contributed by atoms with Crippen molar-refractivity contribution in [2.24, 2.45) is 17.3 Å². The zero-order valence-electron chi connectivity index (χ0n) is 12.9. The molecule has 0 spiro atoms. The molecule has 3 nitrogen and oxygen atoms in total. The van der Waals surface area contributed by atoms with Crippen LogP contribution in [0.1, 0.15) is 39.2 Å². The molecule has 21 heavy (non-hydrogen) atoms. The van der Waals surface area contributed by atoms with Gasteiger partial charge in [-0.3, -0.25) is 4.79 Å². The van der Waals surface area contributed by atoms with E-state index in [2.05, 4.69) is 48.1 Å². The van der Waals surface area contributed by atoms with Crippen LogP contribution in [-0.2, 0) is 11.3 Å². The molecule has 0 saturated heterocycles. The van der Waals surface area contributed by atoms with Crippen LogP contribution in [0.3, 0.4) is 0 Å². The molecular weight excluding hydrogens is 330 g/mol. The molecule has 0 heterocycles. The first-order chi connectivity index (χ1) is 9.84. The molecule has 1 aliphatic carbocycles. The van der Waals surface area contributed by atoms with E-state index in [4.69, 9.17) is 0 Å². The lowest BCUT2D eigenvalue weighted by Gasteiger charge is -2.46. The Balaban J connectivity index is 2.03. The van der Waals surface area contributed by atoms with Crippen LogP contribution < -0.4 is 5.32 Å². The lowest BCUT2D eigenvalue weighted by atomic mass is 9.61. The predicted octanol–water partition coefficient (Wildman–Crippen LogP) is 4.06. The maximum atomic E-state index is 11.4.